The van der Waals surface area contributed by atoms with Crippen LogP contribution in [0.2, 0.25) is 0 Å². The Balaban J connectivity index is 1.81. The van der Waals surface area contributed by atoms with E-state index in [1.807, 2.05) is 0 Å². The van der Waals surface area contributed by atoms with Crippen LogP contribution in [0, 0.1) is 17.8 Å². The van der Waals surface area contributed by atoms with Crippen LogP contribution in [-0.4, -0.2) is 23.9 Å². The molecule has 0 spiro atoms. The van der Waals surface area contributed by atoms with Crippen LogP contribution < -0.4 is 5.73 Å². The standard InChI is InChI=1S/C11H15NO3/c12-5-9(13)15-11-2-6-1-7(3-11)10(14)8(6)4-11/h6-8H,1-5,12H2. The van der Waals surface area contributed by atoms with Gasteiger partial charge in [-0.25, -0.2) is 0 Å². The highest BCUT2D eigenvalue weighted by Crippen LogP contribution is 2.59. The zero-order valence-corrected chi connectivity index (χ0v) is 8.57. The highest BCUT2D eigenvalue weighted by molar-refractivity contribution is 5.88. The third kappa shape index (κ3) is 1.17. The van der Waals surface area contributed by atoms with Gasteiger partial charge >= 0.3 is 5.97 Å². The van der Waals surface area contributed by atoms with E-state index >= 15 is 0 Å². The average Bonchev–Trinajstić information content (AvgIpc) is 2.58. The van der Waals surface area contributed by atoms with Crippen molar-refractivity contribution in [2.24, 2.45) is 23.5 Å². The third-order valence-corrected chi connectivity index (χ3v) is 4.27. The molecule has 4 aliphatic carbocycles. The van der Waals surface area contributed by atoms with E-state index in [1.165, 1.54) is 0 Å². The highest BCUT2D eigenvalue weighted by Gasteiger charge is 2.62. The zero-order chi connectivity index (χ0) is 10.6. The van der Waals surface area contributed by atoms with Crippen molar-refractivity contribution in [1.29, 1.82) is 0 Å². The SMILES string of the molecule is NCC(=O)OC12CC3CC(C1)C(C2)C3=O. The van der Waals surface area contributed by atoms with Crippen LogP contribution in [0.4, 0.5) is 0 Å². The van der Waals surface area contributed by atoms with Gasteiger partial charge in [0.15, 0.2) is 0 Å². The Bertz CT molecular complexity index is 337. The topological polar surface area (TPSA) is 69.4 Å². The number of ketones is 1. The number of hydrogen-bond donors (Lipinski definition) is 1. The van der Waals surface area contributed by atoms with Crippen molar-refractivity contribution in [3.8, 4) is 0 Å². The lowest BCUT2D eigenvalue weighted by atomic mass is 9.77. The van der Waals surface area contributed by atoms with E-state index in [2.05, 4.69) is 0 Å². The number of hydrogen-bond acceptors (Lipinski definition) is 4. The van der Waals surface area contributed by atoms with Crippen molar-refractivity contribution in [3.05, 3.63) is 0 Å². The fraction of sp³-hybridized carbons (Fsp3) is 0.818. The summed E-state index contributed by atoms with van der Waals surface area (Å²) in [6.45, 7) is -0.0598. The number of carbonyl (C=O) groups is 2. The van der Waals surface area contributed by atoms with Gasteiger partial charge in [-0.2, -0.15) is 0 Å². The number of ether oxygens (including phenoxy) is 1. The van der Waals surface area contributed by atoms with E-state index in [4.69, 9.17) is 10.5 Å². The minimum absolute atomic E-state index is 0.0598. The molecule has 0 heterocycles. The Morgan fingerprint density at radius 1 is 1.47 bits per heavy atom. The molecule has 4 atom stereocenters. The van der Waals surface area contributed by atoms with Gasteiger partial charge in [0, 0.05) is 11.8 Å². The lowest BCUT2D eigenvalue weighted by Crippen LogP contribution is -2.42. The van der Waals surface area contributed by atoms with E-state index in [0.717, 1.165) is 25.7 Å². The number of rotatable bonds is 2. The molecular formula is C11H15NO3. The molecular weight excluding hydrogens is 194 g/mol. The van der Waals surface area contributed by atoms with Gasteiger partial charge in [-0.15, -0.1) is 0 Å². The van der Waals surface area contributed by atoms with Crippen LogP contribution in [0.25, 0.3) is 0 Å². The van der Waals surface area contributed by atoms with Crippen LogP contribution in [0.15, 0.2) is 0 Å². The van der Waals surface area contributed by atoms with E-state index < -0.39 is 0 Å². The fourth-order valence-corrected chi connectivity index (χ4v) is 3.84. The molecule has 4 aliphatic rings. The molecule has 0 aromatic carbocycles. The van der Waals surface area contributed by atoms with E-state index in [1.54, 1.807) is 0 Å². The molecule has 4 fully saturated rings. The Labute approximate surface area is 88.1 Å². The van der Waals surface area contributed by atoms with Crippen LogP contribution in [0.3, 0.4) is 0 Å². The molecule has 0 saturated heterocycles. The molecule has 4 bridgehead atoms. The summed E-state index contributed by atoms with van der Waals surface area (Å²) in [7, 11) is 0. The van der Waals surface area contributed by atoms with Gasteiger partial charge in [-0.05, 0) is 31.6 Å². The monoisotopic (exact) mass is 209 g/mol. The smallest absolute Gasteiger partial charge is 0.320 e. The zero-order valence-electron chi connectivity index (χ0n) is 8.57. The minimum Gasteiger partial charge on any atom is -0.458 e. The summed E-state index contributed by atoms with van der Waals surface area (Å²) in [6, 6.07) is 0. The van der Waals surface area contributed by atoms with Gasteiger partial charge in [-0.1, -0.05) is 0 Å². The molecule has 15 heavy (non-hydrogen) atoms. The Hall–Kier alpha value is -0.900. The quantitative estimate of drug-likeness (QED) is 0.662. The van der Waals surface area contributed by atoms with Crippen molar-refractivity contribution in [2.75, 3.05) is 6.54 Å². The van der Waals surface area contributed by atoms with Gasteiger partial charge in [0.25, 0.3) is 0 Å². The summed E-state index contributed by atoms with van der Waals surface area (Å²) < 4.78 is 5.45. The van der Waals surface area contributed by atoms with Gasteiger partial charge < -0.3 is 10.5 Å². The van der Waals surface area contributed by atoms with Gasteiger partial charge in [0.1, 0.15) is 11.4 Å². The summed E-state index contributed by atoms with van der Waals surface area (Å²) >= 11 is 0. The van der Waals surface area contributed by atoms with Crippen molar-refractivity contribution in [1.82, 2.24) is 0 Å². The second-order valence-corrected chi connectivity index (χ2v) is 5.18. The third-order valence-electron chi connectivity index (χ3n) is 4.27. The Kier molecular flexibility index (Phi) is 1.75. The predicted molar refractivity (Wildman–Crippen MR) is 51.8 cm³/mol. The van der Waals surface area contributed by atoms with Crippen LogP contribution >= 0.6 is 0 Å². The second-order valence-electron chi connectivity index (χ2n) is 5.18. The first-order chi connectivity index (χ1) is 7.13. The van der Waals surface area contributed by atoms with Gasteiger partial charge in [-0.3, -0.25) is 9.59 Å². The molecule has 4 nitrogen and oxygen atoms in total. The lowest BCUT2D eigenvalue weighted by Gasteiger charge is -2.36. The van der Waals surface area contributed by atoms with Gasteiger partial charge in [0.2, 0.25) is 0 Å². The molecule has 4 heteroatoms. The summed E-state index contributed by atoms with van der Waals surface area (Å²) in [5.74, 6) is 0.894. The first kappa shape index (κ1) is 9.33. The van der Waals surface area contributed by atoms with E-state index in [0.29, 0.717) is 11.7 Å². The van der Waals surface area contributed by atoms with Crippen molar-refractivity contribution in [2.45, 2.75) is 31.3 Å². The number of esters is 1. The summed E-state index contributed by atoms with van der Waals surface area (Å²) in [4.78, 5) is 23.0. The first-order valence-corrected chi connectivity index (χ1v) is 5.59. The highest BCUT2D eigenvalue weighted by atomic mass is 16.6. The second kappa shape index (κ2) is 2.82. The first-order valence-electron chi connectivity index (χ1n) is 5.59. The molecule has 0 aromatic heterocycles. The number of carbonyl (C=O) groups excluding carboxylic acids is 2. The summed E-state index contributed by atoms with van der Waals surface area (Å²) in [5.41, 5.74) is 4.92. The molecule has 4 unspecified atom stereocenters. The van der Waals surface area contributed by atoms with Crippen LogP contribution in [0.1, 0.15) is 25.7 Å². The number of Topliss-reactive ketones (excluding diaryl/α,β-unsaturated/α-hetero) is 1. The maximum absolute atomic E-state index is 11.8. The van der Waals surface area contributed by atoms with E-state index in [-0.39, 0.29) is 30.0 Å². The van der Waals surface area contributed by atoms with Crippen LogP contribution in [0.5, 0.6) is 0 Å². The summed E-state index contributed by atoms with van der Waals surface area (Å²) in [6.07, 6.45) is 3.39. The van der Waals surface area contributed by atoms with Gasteiger partial charge in [0.05, 0.1) is 6.54 Å². The molecule has 2 N–H and O–H groups in total. The number of nitrogens with two attached hydrogens (primary N) is 1. The molecule has 0 aliphatic heterocycles. The van der Waals surface area contributed by atoms with Crippen molar-refractivity contribution >= 4 is 11.8 Å². The van der Waals surface area contributed by atoms with Crippen molar-refractivity contribution < 1.29 is 14.3 Å². The molecule has 82 valence electrons. The minimum atomic E-state index is -0.331. The molecule has 0 aromatic rings. The maximum atomic E-state index is 11.8. The van der Waals surface area contributed by atoms with E-state index in [9.17, 15) is 9.59 Å². The average molecular weight is 209 g/mol. The molecule has 4 saturated carbocycles. The Morgan fingerprint density at radius 2 is 2.27 bits per heavy atom. The lowest BCUT2D eigenvalue weighted by molar-refractivity contribution is -0.165. The predicted octanol–water partition coefficient (Wildman–Crippen LogP) is 0.246. The van der Waals surface area contributed by atoms with Crippen molar-refractivity contribution in [3.63, 3.8) is 0 Å². The fourth-order valence-electron chi connectivity index (χ4n) is 3.84. The summed E-state index contributed by atoms with van der Waals surface area (Å²) in [5, 5.41) is 0. The molecule has 0 amide bonds. The maximum Gasteiger partial charge on any atom is 0.320 e. The largest absolute Gasteiger partial charge is 0.458 e. The molecule has 4 rings (SSSR count). The normalized spacial score (nSPS) is 46.2. The Morgan fingerprint density at radius 3 is 2.87 bits per heavy atom. The van der Waals surface area contributed by atoms with Crippen LogP contribution in [-0.2, 0) is 14.3 Å². The molecule has 0 radical (unpaired) electrons.